The molecule has 2 nitrogen and oxygen atoms in total. The predicted octanol–water partition coefficient (Wildman–Crippen LogP) is 2.83. The molecule has 90 valence electrons. The van der Waals surface area contributed by atoms with E-state index in [1.165, 1.54) is 25.7 Å². The van der Waals surface area contributed by atoms with Crippen molar-refractivity contribution in [3.63, 3.8) is 0 Å². The van der Waals surface area contributed by atoms with Crippen LogP contribution in [0.1, 0.15) is 46.5 Å². The van der Waals surface area contributed by atoms with Gasteiger partial charge in [0.15, 0.2) is 0 Å². The van der Waals surface area contributed by atoms with Gasteiger partial charge in [0.25, 0.3) is 0 Å². The molecule has 0 aliphatic heterocycles. The van der Waals surface area contributed by atoms with Crippen LogP contribution in [0.2, 0.25) is 0 Å². The van der Waals surface area contributed by atoms with Crippen molar-refractivity contribution >= 4 is 0 Å². The van der Waals surface area contributed by atoms with Gasteiger partial charge in [-0.05, 0) is 38.1 Å². The fraction of sp³-hybridized carbons (Fsp3) is 1.00. The first-order valence-electron chi connectivity index (χ1n) is 6.59. The first kappa shape index (κ1) is 13.0. The molecule has 1 N–H and O–H groups in total. The van der Waals surface area contributed by atoms with Gasteiger partial charge in [-0.1, -0.05) is 26.7 Å². The molecule has 0 bridgehead atoms. The first-order valence-corrected chi connectivity index (χ1v) is 6.59. The summed E-state index contributed by atoms with van der Waals surface area (Å²) in [5, 5.41) is 3.58. The fourth-order valence-electron chi connectivity index (χ4n) is 2.56. The second kappa shape index (κ2) is 7.24. The van der Waals surface area contributed by atoms with E-state index in [0.29, 0.717) is 6.04 Å². The Morgan fingerprint density at radius 2 is 1.87 bits per heavy atom. The maximum atomic E-state index is 5.57. The lowest BCUT2D eigenvalue weighted by Crippen LogP contribution is -2.41. The van der Waals surface area contributed by atoms with Crippen LogP contribution in [0.25, 0.3) is 0 Å². The normalized spacial score (nSPS) is 29.0. The summed E-state index contributed by atoms with van der Waals surface area (Å²) in [6.07, 6.45) is 5.56. The van der Waals surface area contributed by atoms with Crippen LogP contribution in [0.3, 0.4) is 0 Å². The second-order valence-electron chi connectivity index (χ2n) is 4.84. The van der Waals surface area contributed by atoms with Gasteiger partial charge in [-0.3, -0.25) is 0 Å². The molecule has 0 amide bonds. The monoisotopic (exact) mass is 213 g/mol. The van der Waals surface area contributed by atoms with E-state index in [1.54, 1.807) is 0 Å². The van der Waals surface area contributed by atoms with E-state index in [-0.39, 0.29) is 0 Å². The Balaban J connectivity index is 2.33. The van der Waals surface area contributed by atoms with Crippen LogP contribution < -0.4 is 5.32 Å². The van der Waals surface area contributed by atoms with E-state index in [2.05, 4.69) is 26.1 Å². The van der Waals surface area contributed by atoms with Crippen LogP contribution in [0.5, 0.6) is 0 Å². The van der Waals surface area contributed by atoms with E-state index < -0.39 is 0 Å². The summed E-state index contributed by atoms with van der Waals surface area (Å²) in [5.41, 5.74) is 0. The Kier molecular flexibility index (Phi) is 6.26. The van der Waals surface area contributed by atoms with Gasteiger partial charge < -0.3 is 10.1 Å². The van der Waals surface area contributed by atoms with Crippen LogP contribution in [-0.4, -0.2) is 25.8 Å². The average Bonchev–Trinajstić information content (AvgIpc) is 2.25. The lowest BCUT2D eigenvalue weighted by molar-refractivity contribution is 0.0893. The minimum Gasteiger partial charge on any atom is -0.380 e. The summed E-state index contributed by atoms with van der Waals surface area (Å²) < 4.78 is 5.57. The van der Waals surface area contributed by atoms with Crippen LogP contribution >= 0.6 is 0 Å². The molecule has 1 aliphatic carbocycles. The molecule has 0 aromatic carbocycles. The van der Waals surface area contributed by atoms with Crippen LogP contribution in [0.4, 0.5) is 0 Å². The van der Waals surface area contributed by atoms with Gasteiger partial charge in [-0.25, -0.2) is 0 Å². The summed E-state index contributed by atoms with van der Waals surface area (Å²) >= 11 is 0. The van der Waals surface area contributed by atoms with Crippen molar-refractivity contribution in [1.29, 1.82) is 0 Å². The lowest BCUT2D eigenvalue weighted by Gasteiger charge is -2.33. The minimum absolute atomic E-state index is 0.586. The molecule has 1 rings (SSSR count). The molecule has 0 radical (unpaired) electrons. The van der Waals surface area contributed by atoms with Gasteiger partial charge in [0.1, 0.15) is 0 Å². The molecule has 0 heterocycles. The van der Waals surface area contributed by atoms with Crippen molar-refractivity contribution in [2.75, 3.05) is 19.8 Å². The molecule has 0 saturated heterocycles. The molecule has 1 atom stereocenters. The molecule has 1 fully saturated rings. The highest BCUT2D eigenvalue weighted by Crippen LogP contribution is 2.30. The van der Waals surface area contributed by atoms with Gasteiger partial charge >= 0.3 is 0 Å². The Hall–Kier alpha value is -0.0800. The van der Waals surface area contributed by atoms with Gasteiger partial charge in [0, 0.05) is 12.6 Å². The zero-order chi connectivity index (χ0) is 11.1. The Labute approximate surface area is 94.8 Å². The standard InChI is InChI=1S/C13H27NO/c1-4-14-13(10-15-5-2)12-8-6-11(3)7-9-12/h11-14H,4-10H2,1-3H3. The summed E-state index contributed by atoms with van der Waals surface area (Å²) in [5.74, 6) is 1.78. The van der Waals surface area contributed by atoms with Gasteiger partial charge in [-0.2, -0.15) is 0 Å². The van der Waals surface area contributed by atoms with Gasteiger partial charge in [0.05, 0.1) is 6.61 Å². The van der Waals surface area contributed by atoms with Crippen molar-refractivity contribution in [3.8, 4) is 0 Å². The molecule has 1 aliphatic rings. The quantitative estimate of drug-likeness (QED) is 0.732. The predicted molar refractivity (Wildman–Crippen MR) is 65.1 cm³/mol. The molecule has 2 heteroatoms. The summed E-state index contributed by atoms with van der Waals surface area (Å²) in [4.78, 5) is 0. The maximum Gasteiger partial charge on any atom is 0.0622 e. The molecular formula is C13H27NO. The van der Waals surface area contributed by atoms with E-state index in [0.717, 1.165) is 31.6 Å². The van der Waals surface area contributed by atoms with E-state index in [1.807, 2.05) is 0 Å². The first-order chi connectivity index (χ1) is 7.27. The Morgan fingerprint density at radius 1 is 1.20 bits per heavy atom. The van der Waals surface area contributed by atoms with Crippen LogP contribution in [-0.2, 0) is 4.74 Å². The number of likely N-dealkylation sites (N-methyl/N-ethyl adjacent to an activating group) is 1. The third kappa shape index (κ3) is 4.52. The number of ether oxygens (including phenoxy) is 1. The highest BCUT2D eigenvalue weighted by molar-refractivity contribution is 4.80. The van der Waals surface area contributed by atoms with Gasteiger partial charge in [0.2, 0.25) is 0 Å². The largest absolute Gasteiger partial charge is 0.380 e. The smallest absolute Gasteiger partial charge is 0.0622 e. The SMILES string of the molecule is CCNC(COCC)C1CCC(C)CC1. The van der Waals surface area contributed by atoms with Crippen LogP contribution in [0.15, 0.2) is 0 Å². The minimum atomic E-state index is 0.586. The topological polar surface area (TPSA) is 21.3 Å². The highest BCUT2D eigenvalue weighted by Gasteiger charge is 2.25. The molecule has 1 unspecified atom stereocenters. The fourth-order valence-corrected chi connectivity index (χ4v) is 2.56. The van der Waals surface area contributed by atoms with E-state index >= 15 is 0 Å². The zero-order valence-corrected chi connectivity index (χ0v) is 10.6. The lowest BCUT2D eigenvalue weighted by atomic mass is 9.79. The summed E-state index contributed by atoms with van der Waals surface area (Å²) in [6.45, 7) is 9.43. The van der Waals surface area contributed by atoms with Crippen LogP contribution in [0, 0.1) is 11.8 Å². The third-order valence-electron chi connectivity index (χ3n) is 3.60. The summed E-state index contributed by atoms with van der Waals surface area (Å²) in [6, 6.07) is 0.586. The number of rotatable bonds is 6. The van der Waals surface area contributed by atoms with E-state index in [9.17, 15) is 0 Å². The van der Waals surface area contributed by atoms with Gasteiger partial charge in [-0.15, -0.1) is 0 Å². The van der Waals surface area contributed by atoms with Crippen molar-refractivity contribution in [3.05, 3.63) is 0 Å². The molecule has 0 aromatic rings. The number of hydrogen-bond acceptors (Lipinski definition) is 2. The molecule has 15 heavy (non-hydrogen) atoms. The maximum absolute atomic E-state index is 5.57. The van der Waals surface area contributed by atoms with Crippen molar-refractivity contribution < 1.29 is 4.74 Å². The molecular weight excluding hydrogens is 186 g/mol. The average molecular weight is 213 g/mol. The second-order valence-corrected chi connectivity index (χ2v) is 4.84. The Morgan fingerprint density at radius 3 is 2.40 bits per heavy atom. The number of nitrogens with one attached hydrogen (secondary N) is 1. The van der Waals surface area contributed by atoms with Crippen molar-refractivity contribution in [1.82, 2.24) is 5.32 Å². The van der Waals surface area contributed by atoms with E-state index in [4.69, 9.17) is 4.74 Å². The third-order valence-corrected chi connectivity index (χ3v) is 3.60. The molecule has 0 spiro atoms. The highest BCUT2D eigenvalue weighted by atomic mass is 16.5. The Bertz CT molecular complexity index is 153. The van der Waals surface area contributed by atoms with Crippen molar-refractivity contribution in [2.24, 2.45) is 11.8 Å². The van der Waals surface area contributed by atoms with Crippen molar-refractivity contribution in [2.45, 2.75) is 52.5 Å². The zero-order valence-electron chi connectivity index (χ0n) is 10.6. The number of hydrogen-bond donors (Lipinski definition) is 1. The molecule has 1 saturated carbocycles. The molecule has 0 aromatic heterocycles. The summed E-state index contributed by atoms with van der Waals surface area (Å²) in [7, 11) is 0.